The highest BCUT2D eigenvalue weighted by atomic mass is 16.2. The van der Waals surface area contributed by atoms with Crippen LogP contribution in [-0.2, 0) is 4.79 Å². The van der Waals surface area contributed by atoms with Crippen LogP contribution in [0.25, 0.3) is 0 Å². The lowest BCUT2D eigenvalue weighted by atomic mass is 10.3. The molecule has 0 N–H and O–H groups in total. The fraction of sp³-hybridized carbons (Fsp3) is 0.467. The maximum atomic E-state index is 12.3. The van der Waals surface area contributed by atoms with Crippen LogP contribution in [0.3, 0.4) is 0 Å². The van der Waals surface area contributed by atoms with E-state index in [1.54, 1.807) is 9.80 Å². The van der Waals surface area contributed by atoms with Gasteiger partial charge in [-0.15, -0.1) is 0 Å². The van der Waals surface area contributed by atoms with Gasteiger partial charge in [-0.25, -0.2) is 4.79 Å². The van der Waals surface area contributed by atoms with Crippen LogP contribution in [0.2, 0.25) is 0 Å². The van der Waals surface area contributed by atoms with E-state index in [4.69, 9.17) is 0 Å². The highest BCUT2D eigenvalue weighted by Gasteiger charge is 2.32. The molecule has 0 unspecified atom stereocenters. The van der Waals surface area contributed by atoms with Crippen molar-refractivity contribution in [3.05, 3.63) is 30.3 Å². The Kier molecular flexibility index (Phi) is 3.58. The summed E-state index contributed by atoms with van der Waals surface area (Å²) in [4.78, 5) is 29.7. The van der Waals surface area contributed by atoms with Crippen molar-refractivity contribution >= 4 is 17.6 Å². The number of carbonyl (C=O) groups excluding carboxylic acids is 2. The van der Waals surface area contributed by atoms with Gasteiger partial charge in [-0.1, -0.05) is 18.2 Å². The minimum absolute atomic E-state index is 0.0660. The van der Waals surface area contributed by atoms with Crippen molar-refractivity contribution in [2.75, 3.05) is 37.6 Å². The summed E-state index contributed by atoms with van der Waals surface area (Å²) >= 11 is 0. The number of carbonyl (C=O) groups is 2. The number of anilines is 1. The summed E-state index contributed by atoms with van der Waals surface area (Å²) in [7, 11) is 0. The van der Waals surface area contributed by atoms with Crippen LogP contribution < -0.4 is 4.90 Å². The predicted octanol–water partition coefficient (Wildman–Crippen LogP) is 1.55. The minimum Gasteiger partial charge on any atom is -0.341 e. The summed E-state index contributed by atoms with van der Waals surface area (Å²) in [6, 6.07) is 9.54. The first-order valence-electron chi connectivity index (χ1n) is 7.15. The van der Waals surface area contributed by atoms with E-state index in [2.05, 4.69) is 0 Å². The quantitative estimate of drug-likeness (QED) is 0.838. The molecule has 3 amide bonds. The Morgan fingerprint density at radius 3 is 2.40 bits per heavy atom. The van der Waals surface area contributed by atoms with E-state index in [1.807, 2.05) is 35.2 Å². The average Bonchev–Trinajstić information content (AvgIpc) is 3.11. The molecule has 5 heteroatoms. The molecule has 3 rings (SSSR count). The van der Waals surface area contributed by atoms with Gasteiger partial charge in [-0.3, -0.25) is 9.69 Å². The molecule has 2 fully saturated rings. The van der Waals surface area contributed by atoms with Crippen molar-refractivity contribution in [1.82, 2.24) is 9.80 Å². The molecule has 2 aliphatic rings. The van der Waals surface area contributed by atoms with E-state index in [0.717, 1.165) is 31.6 Å². The zero-order chi connectivity index (χ0) is 13.9. The van der Waals surface area contributed by atoms with Crippen molar-refractivity contribution in [2.24, 2.45) is 0 Å². The summed E-state index contributed by atoms with van der Waals surface area (Å²) in [6.45, 7) is 3.15. The normalized spacial score (nSPS) is 19.0. The Morgan fingerprint density at radius 2 is 1.70 bits per heavy atom. The first-order valence-corrected chi connectivity index (χ1v) is 7.15. The number of urea groups is 1. The number of para-hydroxylation sites is 1. The minimum atomic E-state index is -0.0660. The molecule has 0 atom stereocenters. The topological polar surface area (TPSA) is 43.9 Å². The number of hydrogen-bond donors (Lipinski definition) is 0. The maximum absolute atomic E-state index is 12.3. The summed E-state index contributed by atoms with van der Waals surface area (Å²) in [5.41, 5.74) is 0.897. The van der Waals surface area contributed by atoms with Crippen molar-refractivity contribution in [2.45, 2.75) is 12.8 Å². The lowest BCUT2D eigenvalue weighted by Gasteiger charge is -2.21. The van der Waals surface area contributed by atoms with E-state index in [1.165, 1.54) is 0 Å². The van der Waals surface area contributed by atoms with Crippen LogP contribution in [-0.4, -0.2) is 54.5 Å². The van der Waals surface area contributed by atoms with Gasteiger partial charge >= 0.3 is 6.03 Å². The molecule has 2 saturated heterocycles. The van der Waals surface area contributed by atoms with Crippen LogP contribution in [0.15, 0.2) is 30.3 Å². The van der Waals surface area contributed by atoms with Gasteiger partial charge in [0.25, 0.3) is 0 Å². The molecule has 2 aliphatic heterocycles. The second-order valence-corrected chi connectivity index (χ2v) is 5.28. The number of nitrogens with zero attached hydrogens (tertiary/aromatic N) is 3. The molecule has 0 radical (unpaired) electrons. The lowest BCUT2D eigenvalue weighted by molar-refractivity contribution is -0.130. The fourth-order valence-electron chi connectivity index (χ4n) is 2.81. The third kappa shape index (κ3) is 2.48. The third-order valence-electron chi connectivity index (χ3n) is 3.95. The van der Waals surface area contributed by atoms with Gasteiger partial charge in [0.15, 0.2) is 0 Å². The second-order valence-electron chi connectivity index (χ2n) is 5.28. The zero-order valence-electron chi connectivity index (χ0n) is 11.5. The van der Waals surface area contributed by atoms with Crippen LogP contribution >= 0.6 is 0 Å². The Labute approximate surface area is 118 Å². The van der Waals surface area contributed by atoms with Crippen molar-refractivity contribution in [1.29, 1.82) is 0 Å². The molecule has 5 nitrogen and oxygen atoms in total. The molecule has 0 aromatic heterocycles. The standard InChI is InChI=1S/C15H19N3O2/c19-14(16-8-4-5-9-16)12-17-10-11-18(15(17)20)13-6-2-1-3-7-13/h1-3,6-7H,4-5,8-12H2. The predicted molar refractivity (Wildman–Crippen MR) is 76.6 cm³/mol. The Bertz CT molecular complexity index is 497. The zero-order valence-corrected chi connectivity index (χ0v) is 11.5. The molecular weight excluding hydrogens is 254 g/mol. The summed E-state index contributed by atoms with van der Waals surface area (Å²) in [5, 5.41) is 0. The number of benzene rings is 1. The number of likely N-dealkylation sites (tertiary alicyclic amines) is 1. The first-order chi connectivity index (χ1) is 9.75. The molecule has 20 heavy (non-hydrogen) atoms. The summed E-state index contributed by atoms with van der Waals surface area (Å²) in [5.74, 6) is 0.0748. The molecule has 1 aromatic carbocycles. The van der Waals surface area contributed by atoms with E-state index >= 15 is 0 Å². The average molecular weight is 273 g/mol. The second kappa shape index (κ2) is 5.53. The largest absolute Gasteiger partial charge is 0.341 e. The third-order valence-corrected chi connectivity index (χ3v) is 3.95. The first kappa shape index (κ1) is 13.0. The number of amides is 3. The molecule has 1 aromatic rings. The Morgan fingerprint density at radius 1 is 1.00 bits per heavy atom. The van der Waals surface area contributed by atoms with Gasteiger partial charge in [-0.2, -0.15) is 0 Å². The van der Waals surface area contributed by atoms with Gasteiger partial charge in [0.1, 0.15) is 6.54 Å². The smallest absolute Gasteiger partial charge is 0.325 e. The Balaban J connectivity index is 1.62. The van der Waals surface area contributed by atoms with Crippen LogP contribution in [0.4, 0.5) is 10.5 Å². The highest BCUT2D eigenvalue weighted by molar-refractivity contribution is 5.96. The number of hydrogen-bond acceptors (Lipinski definition) is 2. The van der Waals surface area contributed by atoms with Crippen molar-refractivity contribution in [3.8, 4) is 0 Å². The molecule has 0 saturated carbocycles. The lowest BCUT2D eigenvalue weighted by Crippen LogP contribution is -2.41. The van der Waals surface area contributed by atoms with Crippen LogP contribution in [0, 0.1) is 0 Å². The van der Waals surface area contributed by atoms with Gasteiger partial charge in [0, 0.05) is 31.9 Å². The molecule has 2 heterocycles. The molecule has 0 spiro atoms. The monoisotopic (exact) mass is 273 g/mol. The molecular formula is C15H19N3O2. The number of rotatable bonds is 3. The van der Waals surface area contributed by atoms with Crippen molar-refractivity contribution < 1.29 is 9.59 Å². The fourth-order valence-corrected chi connectivity index (χ4v) is 2.81. The van der Waals surface area contributed by atoms with Gasteiger partial charge < -0.3 is 9.80 Å². The van der Waals surface area contributed by atoms with Crippen LogP contribution in [0.1, 0.15) is 12.8 Å². The van der Waals surface area contributed by atoms with Crippen LogP contribution in [0.5, 0.6) is 0 Å². The van der Waals surface area contributed by atoms with Gasteiger partial charge in [-0.05, 0) is 25.0 Å². The SMILES string of the molecule is O=C(CN1CCN(c2ccccc2)C1=O)N1CCCC1. The van der Waals surface area contributed by atoms with Gasteiger partial charge in [0.2, 0.25) is 5.91 Å². The summed E-state index contributed by atoms with van der Waals surface area (Å²) < 4.78 is 0. The van der Waals surface area contributed by atoms with E-state index < -0.39 is 0 Å². The summed E-state index contributed by atoms with van der Waals surface area (Å²) in [6.07, 6.45) is 2.16. The van der Waals surface area contributed by atoms with Crippen molar-refractivity contribution in [3.63, 3.8) is 0 Å². The Hall–Kier alpha value is -2.04. The molecule has 0 aliphatic carbocycles. The molecule has 0 bridgehead atoms. The van der Waals surface area contributed by atoms with Gasteiger partial charge in [0.05, 0.1) is 0 Å². The van der Waals surface area contributed by atoms with E-state index in [9.17, 15) is 9.59 Å². The highest BCUT2D eigenvalue weighted by Crippen LogP contribution is 2.20. The molecule has 106 valence electrons. The van der Waals surface area contributed by atoms with E-state index in [-0.39, 0.29) is 18.5 Å². The maximum Gasteiger partial charge on any atom is 0.325 e. The van der Waals surface area contributed by atoms with E-state index in [0.29, 0.717) is 13.1 Å².